The first-order valence-corrected chi connectivity index (χ1v) is 7.74. The summed E-state index contributed by atoms with van der Waals surface area (Å²) in [7, 11) is 4.03. The Kier molecular flexibility index (Phi) is 8.50. The number of amides is 1. The number of nitrogens with zero attached hydrogens (tertiary/aromatic N) is 1. The maximum atomic E-state index is 11.6. The van der Waals surface area contributed by atoms with E-state index in [-0.39, 0.29) is 5.91 Å². The quantitative estimate of drug-likeness (QED) is 0.706. The van der Waals surface area contributed by atoms with Crippen LogP contribution in [0, 0.1) is 0 Å². The Balaban J connectivity index is 2.12. The molecule has 0 aromatic heterocycles. The largest absolute Gasteiger partial charge is 0.492 e. The van der Waals surface area contributed by atoms with Crippen molar-refractivity contribution in [2.75, 3.05) is 33.8 Å². The van der Waals surface area contributed by atoms with E-state index in [1.54, 1.807) is 18.2 Å². The van der Waals surface area contributed by atoms with Gasteiger partial charge in [-0.1, -0.05) is 23.2 Å². The second-order valence-corrected chi connectivity index (χ2v) is 5.88. The number of carbonyl (C=O) groups is 1. The molecule has 1 amide bonds. The molecule has 0 aliphatic heterocycles. The second-order valence-electron chi connectivity index (χ2n) is 5.03. The van der Waals surface area contributed by atoms with E-state index in [4.69, 9.17) is 27.9 Å². The molecule has 0 spiro atoms. The number of ether oxygens (including phenoxy) is 1. The fourth-order valence-electron chi connectivity index (χ4n) is 1.72. The molecule has 0 bridgehead atoms. The number of benzene rings is 1. The summed E-state index contributed by atoms with van der Waals surface area (Å²) in [6.45, 7) is 2.13. The maximum Gasteiger partial charge on any atom is 0.220 e. The van der Waals surface area contributed by atoms with Crippen LogP contribution in [0.3, 0.4) is 0 Å². The van der Waals surface area contributed by atoms with Crippen LogP contribution in [0.5, 0.6) is 5.75 Å². The lowest BCUT2D eigenvalue weighted by atomic mass is 10.3. The molecule has 0 aliphatic carbocycles. The maximum absolute atomic E-state index is 11.6. The average molecular weight is 333 g/mol. The predicted octanol–water partition coefficient (Wildman–Crippen LogP) is 3.22. The predicted molar refractivity (Wildman–Crippen MR) is 87.4 cm³/mol. The van der Waals surface area contributed by atoms with Gasteiger partial charge in [0.1, 0.15) is 5.75 Å². The van der Waals surface area contributed by atoms with Crippen LogP contribution in [0.15, 0.2) is 18.2 Å². The van der Waals surface area contributed by atoms with Crippen LogP contribution in [0.1, 0.15) is 19.3 Å². The molecule has 1 aromatic carbocycles. The van der Waals surface area contributed by atoms with Gasteiger partial charge < -0.3 is 15.0 Å². The standard InChI is InChI=1S/C15H22Cl2N2O2/c1-19(2)9-4-8-18-15(20)5-3-10-21-14-7-6-12(16)11-13(14)17/h6-7,11H,3-5,8-10H2,1-2H3,(H,18,20). The molecule has 1 rings (SSSR count). The molecule has 0 radical (unpaired) electrons. The Hall–Kier alpha value is -0.970. The first kappa shape index (κ1) is 18.1. The minimum atomic E-state index is 0.0551. The first-order valence-electron chi connectivity index (χ1n) is 6.98. The van der Waals surface area contributed by atoms with Gasteiger partial charge in [0.2, 0.25) is 5.91 Å². The SMILES string of the molecule is CN(C)CCCNC(=O)CCCOc1ccc(Cl)cc1Cl. The number of halogens is 2. The molecule has 1 N–H and O–H groups in total. The molecule has 1 aromatic rings. The van der Waals surface area contributed by atoms with Gasteiger partial charge in [0.05, 0.1) is 11.6 Å². The number of hydrogen-bond donors (Lipinski definition) is 1. The second kappa shape index (κ2) is 9.87. The topological polar surface area (TPSA) is 41.6 Å². The molecule has 118 valence electrons. The Morgan fingerprint density at radius 2 is 2.05 bits per heavy atom. The van der Waals surface area contributed by atoms with E-state index >= 15 is 0 Å². The van der Waals surface area contributed by atoms with Crippen molar-refractivity contribution in [3.05, 3.63) is 28.2 Å². The summed E-state index contributed by atoms with van der Waals surface area (Å²) in [4.78, 5) is 13.7. The first-order chi connectivity index (χ1) is 9.99. The third-order valence-electron chi connectivity index (χ3n) is 2.80. The van der Waals surface area contributed by atoms with Gasteiger partial charge in [-0.05, 0) is 51.7 Å². The van der Waals surface area contributed by atoms with Crippen LogP contribution in [-0.4, -0.2) is 44.6 Å². The highest BCUT2D eigenvalue weighted by atomic mass is 35.5. The van der Waals surface area contributed by atoms with Crippen molar-refractivity contribution in [2.45, 2.75) is 19.3 Å². The van der Waals surface area contributed by atoms with Crippen LogP contribution in [0.2, 0.25) is 10.0 Å². The van der Waals surface area contributed by atoms with Gasteiger partial charge >= 0.3 is 0 Å². The van der Waals surface area contributed by atoms with Crippen molar-refractivity contribution >= 4 is 29.1 Å². The number of rotatable bonds is 9. The van der Waals surface area contributed by atoms with Crippen LogP contribution in [0.4, 0.5) is 0 Å². The molecule has 4 nitrogen and oxygen atoms in total. The lowest BCUT2D eigenvalue weighted by Crippen LogP contribution is -2.27. The van der Waals surface area contributed by atoms with Gasteiger partial charge in [0, 0.05) is 18.0 Å². The molecular formula is C15H22Cl2N2O2. The summed E-state index contributed by atoms with van der Waals surface area (Å²) in [5.74, 6) is 0.645. The van der Waals surface area contributed by atoms with Crippen molar-refractivity contribution < 1.29 is 9.53 Å². The summed E-state index contributed by atoms with van der Waals surface area (Å²) in [6, 6.07) is 5.09. The highest BCUT2D eigenvalue weighted by Crippen LogP contribution is 2.27. The molecule has 0 atom stereocenters. The Labute approximate surface area is 136 Å². The highest BCUT2D eigenvalue weighted by molar-refractivity contribution is 6.35. The normalized spacial score (nSPS) is 10.7. The lowest BCUT2D eigenvalue weighted by molar-refractivity contribution is -0.121. The van der Waals surface area contributed by atoms with Gasteiger partial charge in [-0.25, -0.2) is 0 Å². The fraction of sp³-hybridized carbons (Fsp3) is 0.533. The van der Waals surface area contributed by atoms with Crippen molar-refractivity contribution in [3.63, 3.8) is 0 Å². The van der Waals surface area contributed by atoms with Crippen LogP contribution in [-0.2, 0) is 4.79 Å². The molecule has 0 aliphatic rings. The summed E-state index contributed by atoms with van der Waals surface area (Å²) >= 11 is 11.8. The van der Waals surface area contributed by atoms with Crippen molar-refractivity contribution in [2.24, 2.45) is 0 Å². The third kappa shape index (κ3) is 8.15. The molecule has 0 heterocycles. The highest BCUT2D eigenvalue weighted by Gasteiger charge is 2.04. The third-order valence-corrected chi connectivity index (χ3v) is 3.33. The Morgan fingerprint density at radius 3 is 2.71 bits per heavy atom. The Morgan fingerprint density at radius 1 is 1.29 bits per heavy atom. The minimum Gasteiger partial charge on any atom is -0.492 e. The van der Waals surface area contributed by atoms with Gasteiger partial charge in [-0.15, -0.1) is 0 Å². The van der Waals surface area contributed by atoms with E-state index in [2.05, 4.69) is 10.2 Å². The monoisotopic (exact) mass is 332 g/mol. The zero-order valence-electron chi connectivity index (χ0n) is 12.5. The van der Waals surface area contributed by atoms with Crippen LogP contribution >= 0.6 is 23.2 Å². The Bertz CT molecular complexity index is 453. The van der Waals surface area contributed by atoms with E-state index in [0.29, 0.717) is 41.8 Å². The van der Waals surface area contributed by atoms with Gasteiger partial charge in [0.15, 0.2) is 0 Å². The van der Waals surface area contributed by atoms with Crippen molar-refractivity contribution in [1.82, 2.24) is 10.2 Å². The summed E-state index contributed by atoms with van der Waals surface area (Å²) in [5.41, 5.74) is 0. The number of hydrogen-bond acceptors (Lipinski definition) is 3. The van der Waals surface area contributed by atoms with Gasteiger partial charge in [0.25, 0.3) is 0 Å². The van der Waals surface area contributed by atoms with E-state index in [0.717, 1.165) is 13.0 Å². The number of carbonyl (C=O) groups excluding carboxylic acids is 1. The lowest BCUT2D eigenvalue weighted by Gasteiger charge is -2.10. The summed E-state index contributed by atoms with van der Waals surface area (Å²) in [6.07, 6.45) is 2.06. The van der Waals surface area contributed by atoms with Crippen molar-refractivity contribution in [1.29, 1.82) is 0 Å². The zero-order chi connectivity index (χ0) is 15.7. The van der Waals surface area contributed by atoms with Gasteiger partial charge in [-0.3, -0.25) is 4.79 Å². The zero-order valence-corrected chi connectivity index (χ0v) is 14.0. The molecule has 0 saturated heterocycles. The van der Waals surface area contributed by atoms with Gasteiger partial charge in [-0.2, -0.15) is 0 Å². The van der Waals surface area contributed by atoms with Crippen LogP contribution < -0.4 is 10.1 Å². The van der Waals surface area contributed by atoms with Crippen LogP contribution in [0.25, 0.3) is 0 Å². The molecule has 0 saturated carbocycles. The molecule has 0 fully saturated rings. The van der Waals surface area contributed by atoms with Crippen molar-refractivity contribution in [3.8, 4) is 5.75 Å². The fourth-order valence-corrected chi connectivity index (χ4v) is 2.18. The van der Waals surface area contributed by atoms with E-state index < -0.39 is 0 Å². The van der Waals surface area contributed by atoms with E-state index in [1.807, 2.05) is 14.1 Å². The van der Waals surface area contributed by atoms with E-state index in [9.17, 15) is 4.79 Å². The van der Waals surface area contributed by atoms with E-state index in [1.165, 1.54) is 0 Å². The molecule has 0 unspecified atom stereocenters. The summed E-state index contributed by atoms with van der Waals surface area (Å²) < 4.78 is 5.52. The number of nitrogens with one attached hydrogen (secondary N) is 1. The molecular weight excluding hydrogens is 311 g/mol. The summed E-state index contributed by atoms with van der Waals surface area (Å²) in [5, 5.41) is 3.95. The average Bonchev–Trinajstić information content (AvgIpc) is 2.41. The molecule has 21 heavy (non-hydrogen) atoms. The molecule has 6 heteroatoms. The minimum absolute atomic E-state index is 0.0551. The smallest absolute Gasteiger partial charge is 0.220 e.